The van der Waals surface area contributed by atoms with E-state index < -0.39 is 0 Å². The SMILES string of the molecule is Cc1ccccc1N1CCN(C(=O)c2c(C)c(C)c(C)n2Cc2cccc(F)c2)CC1. The summed E-state index contributed by atoms with van der Waals surface area (Å²) in [6, 6.07) is 15.0. The first-order chi connectivity index (χ1) is 14.9. The molecule has 1 aliphatic heterocycles. The minimum Gasteiger partial charge on any atom is -0.368 e. The van der Waals surface area contributed by atoms with Crippen molar-refractivity contribution in [3.05, 3.63) is 88.0 Å². The Kier molecular flexibility index (Phi) is 5.86. The van der Waals surface area contributed by atoms with Crippen LogP contribution in [0.25, 0.3) is 0 Å². The highest BCUT2D eigenvalue weighted by Gasteiger charge is 2.28. The number of aromatic nitrogens is 1. The number of aryl methyl sites for hydroxylation is 1. The van der Waals surface area contributed by atoms with Crippen molar-refractivity contribution in [2.24, 2.45) is 0 Å². The number of halogens is 1. The third-order valence-electron chi connectivity index (χ3n) is 6.59. The molecule has 2 heterocycles. The van der Waals surface area contributed by atoms with Crippen LogP contribution in [0.5, 0.6) is 0 Å². The molecule has 0 atom stereocenters. The van der Waals surface area contributed by atoms with Gasteiger partial charge in [0.15, 0.2) is 0 Å². The van der Waals surface area contributed by atoms with Gasteiger partial charge < -0.3 is 14.4 Å². The summed E-state index contributed by atoms with van der Waals surface area (Å²) < 4.78 is 15.8. The lowest BCUT2D eigenvalue weighted by molar-refractivity contribution is 0.0735. The quantitative estimate of drug-likeness (QED) is 0.604. The molecule has 0 aliphatic carbocycles. The van der Waals surface area contributed by atoms with Crippen molar-refractivity contribution in [1.29, 1.82) is 0 Å². The topological polar surface area (TPSA) is 28.5 Å². The minimum atomic E-state index is -0.254. The third kappa shape index (κ3) is 4.09. The number of carbonyl (C=O) groups is 1. The second-order valence-electron chi connectivity index (χ2n) is 8.47. The van der Waals surface area contributed by atoms with E-state index in [-0.39, 0.29) is 11.7 Å². The van der Waals surface area contributed by atoms with Gasteiger partial charge in [-0.15, -0.1) is 0 Å². The molecule has 5 heteroatoms. The Morgan fingerprint density at radius 3 is 2.29 bits per heavy atom. The van der Waals surface area contributed by atoms with Gasteiger partial charge in [-0.05, 0) is 68.1 Å². The lowest BCUT2D eigenvalue weighted by Gasteiger charge is -2.37. The summed E-state index contributed by atoms with van der Waals surface area (Å²) in [6.07, 6.45) is 0. The van der Waals surface area contributed by atoms with Gasteiger partial charge in [-0.1, -0.05) is 30.3 Å². The van der Waals surface area contributed by atoms with Gasteiger partial charge >= 0.3 is 0 Å². The first-order valence-corrected chi connectivity index (χ1v) is 10.9. The number of nitrogens with zero attached hydrogens (tertiary/aromatic N) is 3. The van der Waals surface area contributed by atoms with Crippen LogP contribution in [-0.4, -0.2) is 41.6 Å². The van der Waals surface area contributed by atoms with Crippen molar-refractivity contribution >= 4 is 11.6 Å². The smallest absolute Gasteiger partial charge is 0.270 e. The Bertz CT molecular complexity index is 1110. The Hall–Kier alpha value is -3.08. The molecule has 1 aliphatic rings. The molecule has 4 nitrogen and oxygen atoms in total. The predicted octanol–water partition coefficient (Wildman–Crippen LogP) is 4.87. The maximum atomic E-state index is 13.7. The maximum Gasteiger partial charge on any atom is 0.270 e. The molecule has 1 amide bonds. The molecule has 0 radical (unpaired) electrons. The van der Waals surface area contributed by atoms with E-state index in [2.05, 4.69) is 47.6 Å². The van der Waals surface area contributed by atoms with E-state index in [1.807, 2.05) is 24.8 Å². The lowest BCUT2D eigenvalue weighted by atomic mass is 10.1. The lowest BCUT2D eigenvalue weighted by Crippen LogP contribution is -2.49. The van der Waals surface area contributed by atoms with Crippen molar-refractivity contribution < 1.29 is 9.18 Å². The van der Waals surface area contributed by atoms with E-state index in [1.165, 1.54) is 17.3 Å². The molecule has 0 spiro atoms. The van der Waals surface area contributed by atoms with Gasteiger partial charge in [0.2, 0.25) is 0 Å². The van der Waals surface area contributed by atoms with E-state index >= 15 is 0 Å². The summed E-state index contributed by atoms with van der Waals surface area (Å²) in [7, 11) is 0. The largest absolute Gasteiger partial charge is 0.368 e. The van der Waals surface area contributed by atoms with E-state index in [0.29, 0.717) is 19.6 Å². The zero-order valence-electron chi connectivity index (χ0n) is 18.8. The summed E-state index contributed by atoms with van der Waals surface area (Å²) in [5, 5.41) is 0. The van der Waals surface area contributed by atoms with Crippen molar-refractivity contribution in [2.45, 2.75) is 34.2 Å². The standard InChI is InChI=1S/C26H30FN3O/c1-18-8-5-6-11-24(18)28-12-14-29(15-13-28)26(31)25-20(3)19(2)21(4)30(25)17-22-9-7-10-23(27)16-22/h5-11,16H,12-15,17H2,1-4H3. The molecule has 0 unspecified atom stereocenters. The van der Waals surface area contributed by atoms with Crippen LogP contribution in [0, 0.1) is 33.5 Å². The van der Waals surface area contributed by atoms with E-state index in [0.717, 1.165) is 41.2 Å². The van der Waals surface area contributed by atoms with Gasteiger partial charge in [-0.25, -0.2) is 4.39 Å². The highest BCUT2D eigenvalue weighted by molar-refractivity contribution is 5.95. The Labute approximate surface area is 183 Å². The van der Waals surface area contributed by atoms with Gasteiger partial charge in [-0.3, -0.25) is 4.79 Å². The molecule has 4 rings (SSSR count). The molecule has 0 saturated carbocycles. The van der Waals surface area contributed by atoms with Crippen LogP contribution in [0.15, 0.2) is 48.5 Å². The zero-order chi connectivity index (χ0) is 22.1. The fraction of sp³-hybridized carbons (Fsp3) is 0.346. The number of carbonyl (C=O) groups excluding carboxylic acids is 1. The van der Waals surface area contributed by atoms with Gasteiger partial charge in [0, 0.05) is 44.1 Å². The molecule has 2 aromatic carbocycles. The summed E-state index contributed by atoms with van der Waals surface area (Å²) in [4.78, 5) is 17.9. The normalized spacial score (nSPS) is 14.2. The summed E-state index contributed by atoms with van der Waals surface area (Å²) in [5.74, 6) is -0.189. The van der Waals surface area contributed by atoms with Crippen LogP contribution >= 0.6 is 0 Å². The fourth-order valence-corrected chi connectivity index (χ4v) is 4.53. The number of para-hydroxylation sites is 1. The van der Waals surface area contributed by atoms with E-state index in [9.17, 15) is 9.18 Å². The molecule has 162 valence electrons. The van der Waals surface area contributed by atoms with E-state index in [1.54, 1.807) is 12.1 Å². The average molecular weight is 420 g/mol. The third-order valence-corrected chi connectivity index (χ3v) is 6.59. The summed E-state index contributed by atoms with van der Waals surface area (Å²) in [5.41, 5.74) is 7.28. The molecule has 1 fully saturated rings. The monoisotopic (exact) mass is 419 g/mol. The second kappa shape index (κ2) is 8.58. The number of hydrogen-bond donors (Lipinski definition) is 0. The first kappa shape index (κ1) is 21.2. The molecular weight excluding hydrogens is 389 g/mol. The second-order valence-corrected chi connectivity index (χ2v) is 8.47. The Morgan fingerprint density at radius 1 is 0.903 bits per heavy atom. The summed E-state index contributed by atoms with van der Waals surface area (Å²) >= 11 is 0. The molecular formula is C26H30FN3O. The average Bonchev–Trinajstić information content (AvgIpc) is 2.97. The molecule has 31 heavy (non-hydrogen) atoms. The van der Waals surface area contributed by atoms with Crippen LogP contribution in [0.2, 0.25) is 0 Å². The molecule has 0 N–H and O–H groups in total. The molecule has 3 aromatic rings. The van der Waals surface area contributed by atoms with Crippen molar-refractivity contribution in [3.63, 3.8) is 0 Å². The van der Waals surface area contributed by atoms with Gasteiger partial charge in [0.05, 0.1) is 0 Å². The van der Waals surface area contributed by atoms with Crippen LogP contribution in [0.1, 0.15) is 38.4 Å². The Balaban J connectivity index is 1.56. The van der Waals surface area contributed by atoms with Gasteiger partial charge in [0.25, 0.3) is 5.91 Å². The van der Waals surface area contributed by atoms with Crippen LogP contribution in [-0.2, 0) is 6.54 Å². The molecule has 1 aromatic heterocycles. The highest BCUT2D eigenvalue weighted by atomic mass is 19.1. The van der Waals surface area contributed by atoms with Crippen molar-refractivity contribution in [3.8, 4) is 0 Å². The number of rotatable bonds is 4. The zero-order valence-corrected chi connectivity index (χ0v) is 18.8. The van der Waals surface area contributed by atoms with Gasteiger partial charge in [-0.2, -0.15) is 0 Å². The van der Waals surface area contributed by atoms with E-state index in [4.69, 9.17) is 0 Å². The van der Waals surface area contributed by atoms with Crippen molar-refractivity contribution in [2.75, 3.05) is 31.1 Å². The van der Waals surface area contributed by atoms with Crippen molar-refractivity contribution in [1.82, 2.24) is 9.47 Å². The Morgan fingerprint density at radius 2 is 1.61 bits per heavy atom. The van der Waals surface area contributed by atoms with Crippen LogP contribution in [0.3, 0.4) is 0 Å². The minimum absolute atomic E-state index is 0.0644. The molecule has 0 bridgehead atoms. The molecule has 1 saturated heterocycles. The fourth-order valence-electron chi connectivity index (χ4n) is 4.53. The van der Waals surface area contributed by atoms with Crippen LogP contribution in [0.4, 0.5) is 10.1 Å². The first-order valence-electron chi connectivity index (χ1n) is 10.9. The number of amides is 1. The number of anilines is 1. The van der Waals surface area contributed by atoms with Crippen LogP contribution < -0.4 is 4.90 Å². The summed E-state index contributed by atoms with van der Waals surface area (Å²) in [6.45, 7) is 11.7. The highest BCUT2D eigenvalue weighted by Crippen LogP contribution is 2.26. The van der Waals surface area contributed by atoms with Gasteiger partial charge in [0.1, 0.15) is 11.5 Å². The maximum absolute atomic E-state index is 13.7. The predicted molar refractivity (Wildman–Crippen MR) is 123 cm³/mol. The number of piperazine rings is 1. The number of benzene rings is 2. The number of hydrogen-bond acceptors (Lipinski definition) is 2.